The molecule has 1 atom stereocenters. The van der Waals surface area contributed by atoms with Crippen LogP contribution < -0.4 is 5.73 Å². The Balaban J connectivity index is 2.67. The molecule has 1 unspecified atom stereocenters. The molecule has 1 rings (SSSR count). The smallest absolute Gasteiger partial charge is 0.320 e. The quantitative estimate of drug-likeness (QED) is 0.693. The Labute approximate surface area is 103 Å². The van der Waals surface area contributed by atoms with Gasteiger partial charge in [0.25, 0.3) is 0 Å². The number of hydrogen-bond acceptors (Lipinski definition) is 4. The molecular formula is C11H12ClNO4. The molecule has 0 fully saturated rings. The third-order valence-electron chi connectivity index (χ3n) is 2.26. The largest absolute Gasteiger partial charge is 0.507 e. The lowest BCUT2D eigenvalue weighted by molar-refractivity contribution is -0.138. The number of benzene rings is 1. The SMILES string of the molecule is NC(CCC(=O)c1ccc(Cl)cc1O)C(=O)O. The van der Waals surface area contributed by atoms with Crippen molar-refractivity contribution in [2.24, 2.45) is 5.73 Å². The Morgan fingerprint density at radius 3 is 2.59 bits per heavy atom. The minimum absolute atomic E-state index is 0.0240. The Kier molecular flexibility index (Phi) is 4.48. The van der Waals surface area contributed by atoms with Gasteiger partial charge >= 0.3 is 5.97 Å². The molecule has 0 aliphatic heterocycles. The van der Waals surface area contributed by atoms with Crippen molar-refractivity contribution in [2.45, 2.75) is 18.9 Å². The Morgan fingerprint density at radius 1 is 1.41 bits per heavy atom. The molecule has 5 nitrogen and oxygen atoms in total. The van der Waals surface area contributed by atoms with Crippen molar-refractivity contribution in [1.29, 1.82) is 0 Å². The van der Waals surface area contributed by atoms with Gasteiger partial charge in [-0.25, -0.2) is 0 Å². The third-order valence-corrected chi connectivity index (χ3v) is 2.49. The van der Waals surface area contributed by atoms with Gasteiger partial charge in [0.1, 0.15) is 11.8 Å². The summed E-state index contributed by atoms with van der Waals surface area (Å²) in [5, 5.41) is 18.4. The molecule has 0 aliphatic rings. The maximum absolute atomic E-state index is 11.7. The van der Waals surface area contributed by atoms with Crippen LogP contribution in [-0.2, 0) is 4.79 Å². The number of Topliss-reactive ketones (excluding diaryl/α,β-unsaturated/α-hetero) is 1. The summed E-state index contributed by atoms with van der Waals surface area (Å²) in [6.07, 6.45) is -0.0150. The first kappa shape index (κ1) is 13.5. The van der Waals surface area contributed by atoms with E-state index in [2.05, 4.69) is 0 Å². The van der Waals surface area contributed by atoms with Crippen LogP contribution in [0.2, 0.25) is 5.02 Å². The molecule has 0 amide bonds. The topological polar surface area (TPSA) is 101 Å². The molecule has 0 bridgehead atoms. The Hall–Kier alpha value is -1.59. The maximum Gasteiger partial charge on any atom is 0.320 e. The first-order valence-corrected chi connectivity index (χ1v) is 5.29. The van der Waals surface area contributed by atoms with E-state index in [4.69, 9.17) is 22.4 Å². The Morgan fingerprint density at radius 2 is 2.06 bits per heavy atom. The van der Waals surface area contributed by atoms with Gasteiger partial charge in [-0.15, -0.1) is 0 Å². The molecule has 0 heterocycles. The fourth-order valence-electron chi connectivity index (χ4n) is 1.29. The van der Waals surface area contributed by atoms with Gasteiger partial charge in [0, 0.05) is 11.4 Å². The van der Waals surface area contributed by atoms with Gasteiger partial charge in [-0.05, 0) is 24.6 Å². The van der Waals surface area contributed by atoms with E-state index in [1.54, 1.807) is 0 Å². The number of nitrogens with two attached hydrogens (primary N) is 1. The van der Waals surface area contributed by atoms with Crippen LogP contribution in [0.25, 0.3) is 0 Å². The predicted octanol–water partition coefficient (Wildman–Crippen LogP) is 1.42. The van der Waals surface area contributed by atoms with Gasteiger partial charge in [0.05, 0.1) is 5.56 Å². The first-order valence-electron chi connectivity index (χ1n) is 4.92. The summed E-state index contributed by atoms with van der Waals surface area (Å²) in [6.45, 7) is 0. The van der Waals surface area contributed by atoms with E-state index in [1.165, 1.54) is 18.2 Å². The number of carboxylic acids is 1. The number of phenolic OH excluding ortho intramolecular Hbond substituents is 1. The fourth-order valence-corrected chi connectivity index (χ4v) is 1.45. The van der Waals surface area contributed by atoms with Crippen molar-refractivity contribution in [3.63, 3.8) is 0 Å². The van der Waals surface area contributed by atoms with Crippen LogP contribution in [0.1, 0.15) is 23.2 Å². The first-order chi connectivity index (χ1) is 7.91. The van der Waals surface area contributed by atoms with Crippen LogP contribution in [0, 0.1) is 0 Å². The van der Waals surface area contributed by atoms with Crippen molar-refractivity contribution in [2.75, 3.05) is 0 Å². The van der Waals surface area contributed by atoms with Gasteiger partial charge in [-0.1, -0.05) is 11.6 Å². The molecule has 1 aromatic rings. The van der Waals surface area contributed by atoms with E-state index in [9.17, 15) is 14.7 Å². The summed E-state index contributed by atoms with van der Waals surface area (Å²) in [5.74, 6) is -1.74. The summed E-state index contributed by atoms with van der Waals surface area (Å²) in [7, 11) is 0. The molecule has 92 valence electrons. The molecule has 6 heteroatoms. The summed E-state index contributed by atoms with van der Waals surface area (Å²) >= 11 is 5.62. The van der Waals surface area contributed by atoms with Gasteiger partial charge in [-0.2, -0.15) is 0 Å². The van der Waals surface area contributed by atoms with Crippen molar-refractivity contribution in [3.05, 3.63) is 28.8 Å². The molecule has 17 heavy (non-hydrogen) atoms. The van der Waals surface area contributed by atoms with Crippen molar-refractivity contribution < 1.29 is 19.8 Å². The average Bonchev–Trinajstić information content (AvgIpc) is 2.25. The van der Waals surface area contributed by atoms with Crippen molar-refractivity contribution in [1.82, 2.24) is 0 Å². The second-order valence-corrected chi connectivity index (χ2v) is 4.00. The summed E-state index contributed by atoms with van der Waals surface area (Å²) < 4.78 is 0. The number of halogens is 1. The highest BCUT2D eigenvalue weighted by Gasteiger charge is 2.16. The highest BCUT2D eigenvalue weighted by Crippen LogP contribution is 2.23. The molecule has 0 saturated heterocycles. The molecule has 0 saturated carbocycles. The van der Waals surface area contributed by atoms with E-state index >= 15 is 0 Å². The predicted molar refractivity (Wildman–Crippen MR) is 62.3 cm³/mol. The van der Waals surface area contributed by atoms with Crippen LogP contribution in [-0.4, -0.2) is 28.0 Å². The molecule has 0 spiro atoms. The van der Waals surface area contributed by atoms with Gasteiger partial charge in [-0.3, -0.25) is 9.59 Å². The van der Waals surface area contributed by atoms with Crippen LogP contribution in [0.4, 0.5) is 0 Å². The highest BCUT2D eigenvalue weighted by atomic mass is 35.5. The number of ketones is 1. The van der Waals surface area contributed by atoms with Crippen LogP contribution in [0.3, 0.4) is 0 Å². The highest BCUT2D eigenvalue weighted by molar-refractivity contribution is 6.30. The minimum atomic E-state index is -1.15. The molecule has 0 aliphatic carbocycles. The Bertz CT molecular complexity index is 447. The number of carbonyl (C=O) groups excluding carboxylic acids is 1. The normalized spacial score (nSPS) is 12.1. The maximum atomic E-state index is 11.7. The van der Waals surface area contributed by atoms with Gasteiger partial charge in [0.15, 0.2) is 5.78 Å². The van der Waals surface area contributed by atoms with Gasteiger partial charge in [0.2, 0.25) is 0 Å². The lowest BCUT2D eigenvalue weighted by atomic mass is 10.0. The number of phenols is 1. The van der Waals surface area contributed by atoms with E-state index in [1.807, 2.05) is 0 Å². The number of rotatable bonds is 5. The molecule has 0 aromatic heterocycles. The third kappa shape index (κ3) is 3.72. The van der Waals surface area contributed by atoms with E-state index in [-0.39, 0.29) is 29.9 Å². The lowest BCUT2D eigenvalue weighted by Crippen LogP contribution is -2.30. The van der Waals surface area contributed by atoms with E-state index in [0.29, 0.717) is 5.02 Å². The second kappa shape index (κ2) is 5.65. The molecular weight excluding hydrogens is 246 g/mol. The van der Waals surface area contributed by atoms with Crippen molar-refractivity contribution >= 4 is 23.4 Å². The lowest BCUT2D eigenvalue weighted by Gasteiger charge is -2.06. The number of carbonyl (C=O) groups is 2. The van der Waals surface area contributed by atoms with Crippen LogP contribution >= 0.6 is 11.6 Å². The zero-order chi connectivity index (χ0) is 13.0. The van der Waals surface area contributed by atoms with E-state index < -0.39 is 12.0 Å². The number of aliphatic carboxylic acids is 1. The zero-order valence-electron chi connectivity index (χ0n) is 8.89. The zero-order valence-corrected chi connectivity index (χ0v) is 9.65. The molecule has 0 radical (unpaired) electrons. The summed E-state index contributed by atoms with van der Waals surface area (Å²) in [4.78, 5) is 22.1. The summed E-state index contributed by atoms with van der Waals surface area (Å²) in [6, 6.07) is 3.05. The molecule has 4 N–H and O–H groups in total. The van der Waals surface area contributed by atoms with Crippen LogP contribution in [0.15, 0.2) is 18.2 Å². The average molecular weight is 258 g/mol. The number of aromatic hydroxyl groups is 1. The van der Waals surface area contributed by atoms with E-state index in [0.717, 1.165) is 0 Å². The van der Waals surface area contributed by atoms with Crippen LogP contribution in [0.5, 0.6) is 5.75 Å². The monoisotopic (exact) mass is 257 g/mol. The fraction of sp³-hybridized carbons (Fsp3) is 0.273. The van der Waals surface area contributed by atoms with Crippen molar-refractivity contribution in [3.8, 4) is 5.75 Å². The number of hydrogen-bond donors (Lipinski definition) is 3. The summed E-state index contributed by atoms with van der Waals surface area (Å²) in [5.41, 5.74) is 5.39. The molecule has 1 aromatic carbocycles. The standard InChI is InChI=1S/C11H12ClNO4/c12-6-1-2-7(10(15)5-6)9(14)4-3-8(13)11(16)17/h1-2,5,8,15H,3-4,13H2,(H,16,17). The second-order valence-electron chi connectivity index (χ2n) is 3.57. The van der Waals surface area contributed by atoms with Gasteiger partial charge < -0.3 is 15.9 Å². The minimum Gasteiger partial charge on any atom is -0.507 e. The number of carboxylic acid groups (broad SMARTS) is 1.